The molecule has 0 saturated carbocycles. The fourth-order valence-electron chi connectivity index (χ4n) is 2.02. The number of hydrogen-bond donors (Lipinski definition) is 2. The van der Waals surface area contributed by atoms with Crippen LogP contribution in [0.2, 0.25) is 0 Å². The van der Waals surface area contributed by atoms with E-state index in [4.69, 9.17) is 0 Å². The molecule has 1 aliphatic rings. The average molecular weight is 227 g/mol. The molecule has 4 nitrogen and oxygen atoms in total. The van der Waals surface area contributed by atoms with Gasteiger partial charge in [0.25, 0.3) is 0 Å². The first-order valence-corrected chi connectivity index (χ1v) is 6.33. The van der Waals surface area contributed by atoms with Crippen molar-refractivity contribution in [3.8, 4) is 0 Å². The van der Waals surface area contributed by atoms with Gasteiger partial charge in [0.15, 0.2) is 0 Å². The molecule has 1 fully saturated rings. The van der Waals surface area contributed by atoms with Gasteiger partial charge in [-0.2, -0.15) is 0 Å². The minimum atomic E-state index is 0.106. The van der Waals surface area contributed by atoms with E-state index < -0.39 is 0 Å². The summed E-state index contributed by atoms with van der Waals surface area (Å²) in [5.74, 6) is 0.106. The van der Waals surface area contributed by atoms with Crippen LogP contribution in [0.5, 0.6) is 0 Å². The molecule has 1 heterocycles. The Labute approximate surface area is 98.8 Å². The van der Waals surface area contributed by atoms with Crippen LogP contribution in [0.15, 0.2) is 0 Å². The Morgan fingerprint density at radius 1 is 1.56 bits per heavy atom. The number of rotatable bonds is 6. The number of hydrogen-bond acceptors (Lipinski definition) is 3. The van der Waals surface area contributed by atoms with Crippen molar-refractivity contribution in [2.75, 3.05) is 26.7 Å². The maximum Gasteiger partial charge on any atom is 0.234 e. The van der Waals surface area contributed by atoms with E-state index in [1.807, 2.05) is 6.92 Å². The molecule has 1 aliphatic heterocycles. The third-order valence-electron chi connectivity index (χ3n) is 3.36. The van der Waals surface area contributed by atoms with Crippen molar-refractivity contribution in [2.24, 2.45) is 0 Å². The summed E-state index contributed by atoms with van der Waals surface area (Å²) in [6.45, 7) is 6.65. The minimum absolute atomic E-state index is 0.106. The van der Waals surface area contributed by atoms with Crippen molar-refractivity contribution in [2.45, 2.75) is 45.2 Å². The molecule has 2 unspecified atom stereocenters. The zero-order valence-electron chi connectivity index (χ0n) is 10.8. The highest BCUT2D eigenvalue weighted by Crippen LogP contribution is 2.13. The van der Waals surface area contributed by atoms with E-state index in [0.717, 1.165) is 13.0 Å². The van der Waals surface area contributed by atoms with E-state index in [1.165, 1.54) is 19.4 Å². The Balaban J connectivity index is 2.08. The lowest BCUT2D eigenvalue weighted by Gasteiger charge is -2.20. The van der Waals surface area contributed by atoms with Crippen LogP contribution in [0.3, 0.4) is 0 Å². The van der Waals surface area contributed by atoms with Crippen molar-refractivity contribution in [1.82, 2.24) is 15.5 Å². The molecule has 4 heteroatoms. The molecule has 16 heavy (non-hydrogen) atoms. The van der Waals surface area contributed by atoms with Crippen molar-refractivity contribution in [3.63, 3.8) is 0 Å². The maximum atomic E-state index is 11.5. The van der Waals surface area contributed by atoms with Crippen LogP contribution in [0, 0.1) is 0 Å². The Bertz CT molecular complexity index is 220. The second kappa shape index (κ2) is 6.86. The van der Waals surface area contributed by atoms with E-state index in [0.29, 0.717) is 12.6 Å². The monoisotopic (exact) mass is 227 g/mol. The van der Waals surface area contributed by atoms with Crippen molar-refractivity contribution >= 4 is 5.91 Å². The molecular weight excluding hydrogens is 202 g/mol. The number of nitrogens with one attached hydrogen (secondary N) is 2. The van der Waals surface area contributed by atoms with Crippen LogP contribution in [0.4, 0.5) is 0 Å². The molecule has 0 aromatic rings. The zero-order chi connectivity index (χ0) is 12.0. The first kappa shape index (κ1) is 13.5. The summed E-state index contributed by atoms with van der Waals surface area (Å²) in [5, 5.41) is 6.18. The smallest absolute Gasteiger partial charge is 0.234 e. The second-order valence-corrected chi connectivity index (χ2v) is 4.78. The molecule has 0 spiro atoms. The summed E-state index contributed by atoms with van der Waals surface area (Å²) in [5.41, 5.74) is 0. The normalized spacial score (nSPS) is 23.3. The molecule has 1 amide bonds. The topological polar surface area (TPSA) is 44.4 Å². The molecule has 0 aliphatic carbocycles. The second-order valence-electron chi connectivity index (χ2n) is 4.78. The first-order valence-electron chi connectivity index (χ1n) is 6.33. The van der Waals surface area contributed by atoms with Gasteiger partial charge >= 0.3 is 0 Å². The van der Waals surface area contributed by atoms with Crippen molar-refractivity contribution in [1.29, 1.82) is 0 Å². The molecular formula is C12H25N3O. The lowest BCUT2D eigenvalue weighted by molar-refractivity contribution is -0.120. The highest BCUT2D eigenvalue weighted by atomic mass is 16.1. The van der Waals surface area contributed by atoms with Gasteiger partial charge in [0.05, 0.1) is 6.54 Å². The van der Waals surface area contributed by atoms with E-state index in [1.54, 1.807) is 0 Å². The number of amides is 1. The van der Waals surface area contributed by atoms with Crippen LogP contribution >= 0.6 is 0 Å². The Hall–Kier alpha value is -0.610. The predicted molar refractivity (Wildman–Crippen MR) is 66.4 cm³/mol. The van der Waals surface area contributed by atoms with Gasteiger partial charge < -0.3 is 15.5 Å². The fourth-order valence-corrected chi connectivity index (χ4v) is 2.02. The van der Waals surface area contributed by atoms with Gasteiger partial charge in [-0.15, -0.1) is 0 Å². The highest BCUT2D eigenvalue weighted by molar-refractivity contribution is 5.78. The summed E-state index contributed by atoms with van der Waals surface area (Å²) in [6.07, 6.45) is 3.51. The number of likely N-dealkylation sites (N-methyl/N-ethyl adjacent to an activating group) is 1. The SMILES string of the molecule is CCC(C)NC(=O)CNCC1CCCN1C. The molecule has 0 aromatic heterocycles. The Morgan fingerprint density at radius 2 is 2.31 bits per heavy atom. The van der Waals surface area contributed by atoms with Crippen molar-refractivity contribution < 1.29 is 4.79 Å². The Morgan fingerprint density at radius 3 is 2.88 bits per heavy atom. The molecule has 2 N–H and O–H groups in total. The van der Waals surface area contributed by atoms with E-state index in [2.05, 4.69) is 29.5 Å². The quantitative estimate of drug-likeness (QED) is 0.698. The summed E-state index contributed by atoms with van der Waals surface area (Å²) in [6, 6.07) is 0.889. The molecule has 0 radical (unpaired) electrons. The zero-order valence-corrected chi connectivity index (χ0v) is 10.8. The first-order chi connectivity index (χ1) is 7.63. The van der Waals surface area contributed by atoms with Gasteiger partial charge in [0.1, 0.15) is 0 Å². The van der Waals surface area contributed by atoms with Crippen LogP contribution in [-0.4, -0.2) is 49.6 Å². The summed E-state index contributed by atoms with van der Waals surface area (Å²) in [4.78, 5) is 13.8. The minimum Gasteiger partial charge on any atom is -0.353 e. The van der Waals surface area contributed by atoms with Crippen LogP contribution < -0.4 is 10.6 Å². The van der Waals surface area contributed by atoms with Crippen LogP contribution in [-0.2, 0) is 4.79 Å². The largest absolute Gasteiger partial charge is 0.353 e. The van der Waals surface area contributed by atoms with E-state index in [-0.39, 0.29) is 11.9 Å². The van der Waals surface area contributed by atoms with Gasteiger partial charge in [-0.1, -0.05) is 6.92 Å². The fraction of sp³-hybridized carbons (Fsp3) is 0.917. The van der Waals surface area contributed by atoms with Crippen LogP contribution in [0.25, 0.3) is 0 Å². The van der Waals surface area contributed by atoms with Crippen LogP contribution in [0.1, 0.15) is 33.1 Å². The van der Waals surface area contributed by atoms with Crippen molar-refractivity contribution in [3.05, 3.63) is 0 Å². The standard InChI is InChI=1S/C12H25N3O/c1-4-10(2)14-12(16)9-13-8-11-6-5-7-15(11)3/h10-11,13H,4-9H2,1-3H3,(H,14,16). The lowest BCUT2D eigenvalue weighted by atomic mass is 10.2. The number of carbonyl (C=O) groups is 1. The average Bonchev–Trinajstić information content (AvgIpc) is 2.64. The molecule has 94 valence electrons. The Kier molecular flexibility index (Phi) is 5.77. The number of likely N-dealkylation sites (tertiary alicyclic amines) is 1. The molecule has 1 saturated heterocycles. The molecule has 2 atom stereocenters. The lowest BCUT2D eigenvalue weighted by Crippen LogP contribution is -2.42. The number of carbonyl (C=O) groups excluding carboxylic acids is 1. The molecule has 1 rings (SSSR count). The maximum absolute atomic E-state index is 11.5. The van der Waals surface area contributed by atoms with Gasteiger partial charge in [-0.25, -0.2) is 0 Å². The predicted octanol–water partition coefficient (Wildman–Crippen LogP) is 0.585. The summed E-state index contributed by atoms with van der Waals surface area (Å²) >= 11 is 0. The third kappa shape index (κ3) is 4.49. The van der Waals surface area contributed by atoms with E-state index >= 15 is 0 Å². The summed E-state index contributed by atoms with van der Waals surface area (Å²) < 4.78 is 0. The highest BCUT2D eigenvalue weighted by Gasteiger charge is 2.20. The third-order valence-corrected chi connectivity index (χ3v) is 3.36. The van der Waals surface area contributed by atoms with Gasteiger partial charge in [0.2, 0.25) is 5.91 Å². The molecule has 0 aromatic carbocycles. The summed E-state index contributed by atoms with van der Waals surface area (Å²) in [7, 11) is 2.15. The number of nitrogens with zero attached hydrogens (tertiary/aromatic N) is 1. The molecule has 0 bridgehead atoms. The van der Waals surface area contributed by atoms with Gasteiger partial charge in [-0.05, 0) is 39.8 Å². The van der Waals surface area contributed by atoms with E-state index in [9.17, 15) is 4.79 Å². The van der Waals surface area contributed by atoms with Gasteiger partial charge in [-0.3, -0.25) is 4.79 Å². The van der Waals surface area contributed by atoms with Gasteiger partial charge in [0, 0.05) is 18.6 Å².